The van der Waals surface area contributed by atoms with E-state index in [-0.39, 0.29) is 12.5 Å². The minimum Gasteiger partial charge on any atom is -0.348 e. The normalized spacial score (nSPS) is 10.9. The number of nitrogens with zero attached hydrogens (tertiary/aromatic N) is 3. The smallest absolute Gasteiger partial charge is 0.225 e. The Labute approximate surface area is 198 Å². The van der Waals surface area contributed by atoms with E-state index >= 15 is 0 Å². The Morgan fingerprint density at radius 2 is 1.90 bits per heavy atom. The van der Waals surface area contributed by atoms with Crippen LogP contribution in [0.3, 0.4) is 0 Å². The minimum atomic E-state index is -0.0716. The van der Waals surface area contributed by atoms with Gasteiger partial charge < -0.3 is 5.32 Å². The van der Waals surface area contributed by atoms with Gasteiger partial charge >= 0.3 is 0 Å². The first-order chi connectivity index (χ1) is 15.1. The summed E-state index contributed by atoms with van der Waals surface area (Å²) in [6.45, 7) is 0.238. The third-order valence-corrected chi connectivity index (χ3v) is 6.83. The van der Waals surface area contributed by atoms with Gasteiger partial charge in [-0.3, -0.25) is 9.36 Å². The Hall–Kier alpha value is -2.32. The number of halogens is 2. The fraction of sp³-hybridized carbons (Fsp3) is 0.136. The largest absolute Gasteiger partial charge is 0.348 e. The molecule has 0 saturated carbocycles. The summed E-state index contributed by atoms with van der Waals surface area (Å²) < 4.78 is 1.87. The van der Waals surface area contributed by atoms with Crippen molar-refractivity contribution in [3.05, 3.63) is 92.4 Å². The van der Waals surface area contributed by atoms with Gasteiger partial charge in [-0.25, -0.2) is 0 Å². The second-order valence-corrected chi connectivity index (χ2v) is 9.46. The average Bonchev–Trinajstić information content (AvgIpc) is 3.41. The Bertz CT molecular complexity index is 1160. The molecule has 158 valence electrons. The van der Waals surface area contributed by atoms with Gasteiger partial charge in [-0.1, -0.05) is 71.4 Å². The van der Waals surface area contributed by atoms with Crippen molar-refractivity contribution in [2.75, 3.05) is 0 Å². The highest BCUT2D eigenvalue weighted by molar-refractivity contribution is 7.98. The third-order valence-electron chi connectivity index (χ3n) is 4.42. The number of thiophene rings is 1. The zero-order valence-corrected chi connectivity index (χ0v) is 19.4. The van der Waals surface area contributed by atoms with Crippen LogP contribution in [0.25, 0.3) is 5.69 Å². The van der Waals surface area contributed by atoms with Crippen LogP contribution in [0.1, 0.15) is 16.3 Å². The van der Waals surface area contributed by atoms with Gasteiger partial charge in [-0.05, 0) is 35.2 Å². The first-order valence-corrected chi connectivity index (χ1v) is 12.1. The average molecular weight is 489 g/mol. The van der Waals surface area contributed by atoms with E-state index in [4.69, 9.17) is 23.2 Å². The molecule has 0 fully saturated rings. The van der Waals surface area contributed by atoms with Gasteiger partial charge in [-0.15, -0.1) is 21.5 Å². The number of benzene rings is 2. The molecular formula is C22H18Cl2N4OS2. The lowest BCUT2D eigenvalue weighted by Gasteiger charge is -2.13. The summed E-state index contributed by atoms with van der Waals surface area (Å²) in [7, 11) is 0. The fourth-order valence-electron chi connectivity index (χ4n) is 2.95. The van der Waals surface area contributed by atoms with Crippen molar-refractivity contribution in [1.82, 2.24) is 20.1 Å². The topological polar surface area (TPSA) is 59.8 Å². The van der Waals surface area contributed by atoms with Crippen molar-refractivity contribution in [2.45, 2.75) is 23.9 Å². The second kappa shape index (κ2) is 10.3. The molecule has 0 radical (unpaired) electrons. The van der Waals surface area contributed by atoms with Crippen molar-refractivity contribution >= 4 is 52.2 Å². The van der Waals surface area contributed by atoms with Crippen LogP contribution in [0.5, 0.6) is 0 Å². The van der Waals surface area contributed by atoms with Crippen molar-refractivity contribution in [3.63, 3.8) is 0 Å². The molecule has 31 heavy (non-hydrogen) atoms. The fourth-order valence-corrected chi connectivity index (χ4v) is 5.06. The van der Waals surface area contributed by atoms with Crippen LogP contribution < -0.4 is 5.32 Å². The molecule has 5 nitrogen and oxygen atoms in total. The first-order valence-electron chi connectivity index (χ1n) is 9.45. The second-order valence-electron chi connectivity index (χ2n) is 6.64. The van der Waals surface area contributed by atoms with Crippen LogP contribution in [0.2, 0.25) is 10.0 Å². The Morgan fingerprint density at radius 1 is 1.06 bits per heavy atom. The van der Waals surface area contributed by atoms with Crippen LogP contribution in [-0.4, -0.2) is 20.7 Å². The number of hydrogen-bond acceptors (Lipinski definition) is 5. The quantitative estimate of drug-likeness (QED) is 0.319. The maximum atomic E-state index is 12.4. The predicted molar refractivity (Wildman–Crippen MR) is 127 cm³/mol. The maximum absolute atomic E-state index is 12.4. The lowest BCUT2D eigenvalue weighted by Crippen LogP contribution is -2.26. The SMILES string of the molecule is O=C(Cc1cccs1)NCc1nnc(SCc2ccccc2)n1-c1ccc(Cl)cc1Cl. The lowest BCUT2D eigenvalue weighted by molar-refractivity contribution is -0.120. The van der Waals surface area contributed by atoms with Crippen molar-refractivity contribution in [1.29, 1.82) is 0 Å². The molecule has 0 bridgehead atoms. The summed E-state index contributed by atoms with van der Waals surface area (Å²) in [4.78, 5) is 13.4. The first kappa shape index (κ1) is 21.9. The van der Waals surface area contributed by atoms with Gasteiger partial charge in [0.2, 0.25) is 5.91 Å². The Kier molecular flexibility index (Phi) is 7.29. The van der Waals surface area contributed by atoms with Crippen molar-refractivity contribution in [2.24, 2.45) is 0 Å². The summed E-state index contributed by atoms with van der Waals surface area (Å²) >= 11 is 15.7. The van der Waals surface area contributed by atoms with Gasteiger partial charge in [0.1, 0.15) is 0 Å². The number of amides is 1. The van der Waals surface area contributed by atoms with Gasteiger partial charge in [0, 0.05) is 15.7 Å². The Balaban J connectivity index is 1.56. The number of carbonyl (C=O) groups is 1. The summed E-state index contributed by atoms with van der Waals surface area (Å²) in [5.74, 6) is 1.26. The predicted octanol–water partition coefficient (Wildman–Crippen LogP) is 5.79. The zero-order chi connectivity index (χ0) is 21.6. The molecule has 4 rings (SSSR count). The molecule has 0 aliphatic rings. The van der Waals surface area contributed by atoms with Crippen LogP contribution >= 0.6 is 46.3 Å². The monoisotopic (exact) mass is 488 g/mol. The van der Waals surface area contributed by atoms with E-state index in [1.54, 1.807) is 35.2 Å². The molecule has 2 heterocycles. The van der Waals surface area contributed by atoms with Gasteiger partial charge in [-0.2, -0.15) is 0 Å². The Morgan fingerprint density at radius 3 is 2.65 bits per heavy atom. The number of thioether (sulfide) groups is 1. The van der Waals surface area contributed by atoms with Gasteiger partial charge in [0.05, 0.1) is 23.7 Å². The molecule has 0 unspecified atom stereocenters. The van der Waals surface area contributed by atoms with E-state index in [0.29, 0.717) is 33.1 Å². The summed E-state index contributed by atoms with van der Waals surface area (Å²) in [5.41, 5.74) is 1.89. The van der Waals surface area contributed by atoms with Crippen molar-refractivity contribution in [3.8, 4) is 5.69 Å². The van der Waals surface area contributed by atoms with Gasteiger partial charge in [0.25, 0.3) is 0 Å². The summed E-state index contributed by atoms with van der Waals surface area (Å²) in [6, 6.07) is 19.3. The minimum absolute atomic E-state index is 0.0716. The van der Waals surface area contributed by atoms with Crippen LogP contribution in [0, 0.1) is 0 Å². The number of carbonyl (C=O) groups excluding carboxylic acids is 1. The van der Waals surface area contributed by atoms with Crippen LogP contribution in [0.15, 0.2) is 71.2 Å². The van der Waals surface area contributed by atoms with E-state index in [9.17, 15) is 4.79 Å². The summed E-state index contributed by atoms with van der Waals surface area (Å²) in [5, 5.41) is 15.3. The molecule has 2 aromatic carbocycles. The molecular weight excluding hydrogens is 471 g/mol. The molecule has 0 saturated heterocycles. The number of rotatable bonds is 8. The molecule has 1 amide bonds. The van der Waals surface area contributed by atoms with Gasteiger partial charge in [0.15, 0.2) is 11.0 Å². The van der Waals surface area contributed by atoms with E-state index in [2.05, 4.69) is 27.6 Å². The highest BCUT2D eigenvalue weighted by Gasteiger charge is 2.18. The molecule has 0 aliphatic heterocycles. The van der Waals surface area contributed by atoms with Crippen LogP contribution in [0.4, 0.5) is 0 Å². The summed E-state index contributed by atoms with van der Waals surface area (Å²) in [6.07, 6.45) is 0.336. The maximum Gasteiger partial charge on any atom is 0.225 e. The molecule has 2 aromatic heterocycles. The third kappa shape index (κ3) is 5.68. The number of aromatic nitrogens is 3. The number of nitrogens with one attached hydrogen (secondary N) is 1. The van der Waals surface area contributed by atoms with E-state index in [1.165, 1.54) is 5.56 Å². The van der Waals surface area contributed by atoms with Crippen LogP contribution in [-0.2, 0) is 23.5 Å². The highest BCUT2D eigenvalue weighted by atomic mass is 35.5. The van der Waals surface area contributed by atoms with E-state index < -0.39 is 0 Å². The molecule has 0 spiro atoms. The molecule has 1 N–H and O–H groups in total. The lowest BCUT2D eigenvalue weighted by atomic mass is 10.2. The molecule has 4 aromatic rings. The van der Waals surface area contributed by atoms with Crippen molar-refractivity contribution < 1.29 is 4.79 Å². The zero-order valence-electron chi connectivity index (χ0n) is 16.3. The van der Waals surface area contributed by atoms with E-state index in [0.717, 1.165) is 10.6 Å². The molecule has 0 aliphatic carbocycles. The molecule has 9 heteroatoms. The van der Waals surface area contributed by atoms with E-state index in [1.807, 2.05) is 46.3 Å². The molecule has 0 atom stereocenters. The standard InChI is InChI=1S/C22H18Cl2N4OS2/c23-16-8-9-19(18(24)11-16)28-20(13-25-21(29)12-17-7-4-10-30-17)26-27-22(28)31-14-15-5-2-1-3-6-15/h1-11H,12-14H2,(H,25,29). The number of hydrogen-bond donors (Lipinski definition) is 1. The highest BCUT2D eigenvalue weighted by Crippen LogP contribution is 2.30.